The molecule has 18 heavy (non-hydrogen) atoms. The first-order chi connectivity index (χ1) is 8.70. The van der Waals surface area contributed by atoms with Gasteiger partial charge in [0.15, 0.2) is 0 Å². The van der Waals surface area contributed by atoms with E-state index in [-0.39, 0.29) is 6.61 Å². The van der Waals surface area contributed by atoms with E-state index in [1.807, 2.05) is 29.1 Å². The molecule has 2 rings (SSSR count). The first-order valence-electron chi connectivity index (χ1n) is 5.39. The molecular formula is C12H12Br2N2O2. The highest BCUT2D eigenvalue weighted by molar-refractivity contribution is 9.11. The quantitative estimate of drug-likeness (QED) is 0.873. The predicted octanol–water partition coefficient (Wildman–Crippen LogP) is 2.98. The minimum atomic E-state index is 0.00473. The van der Waals surface area contributed by atoms with E-state index in [4.69, 9.17) is 9.84 Å². The van der Waals surface area contributed by atoms with Crippen LogP contribution in [0.1, 0.15) is 5.56 Å². The van der Waals surface area contributed by atoms with Crippen molar-refractivity contribution in [3.8, 4) is 5.75 Å². The van der Waals surface area contributed by atoms with Crippen LogP contribution in [0.4, 0.5) is 0 Å². The van der Waals surface area contributed by atoms with Gasteiger partial charge in [-0.3, -0.25) is 4.68 Å². The normalized spacial score (nSPS) is 10.6. The van der Waals surface area contributed by atoms with Gasteiger partial charge in [-0.1, -0.05) is 0 Å². The number of rotatable bonds is 5. The fourth-order valence-corrected chi connectivity index (χ4v) is 3.03. The van der Waals surface area contributed by atoms with Crippen molar-refractivity contribution < 1.29 is 9.84 Å². The highest BCUT2D eigenvalue weighted by atomic mass is 79.9. The Hall–Kier alpha value is -0.850. The molecular weight excluding hydrogens is 364 g/mol. The first kappa shape index (κ1) is 13.6. The molecule has 0 radical (unpaired) electrons. The van der Waals surface area contributed by atoms with Crippen LogP contribution in [0, 0.1) is 0 Å². The van der Waals surface area contributed by atoms with Gasteiger partial charge >= 0.3 is 0 Å². The van der Waals surface area contributed by atoms with Gasteiger partial charge in [-0.25, -0.2) is 0 Å². The van der Waals surface area contributed by atoms with E-state index < -0.39 is 0 Å². The first-order valence-corrected chi connectivity index (χ1v) is 6.98. The molecule has 6 heteroatoms. The van der Waals surface area contributed by atoms with Crippen LogP contribution in [-0.2, 0) is 13.2 Å². The van der Waals surface area contributed by atoms with Crippen LogP contribution in [0.5, 0.6) is 5.75 Å². The highest BCUT2D eigenvalue weighted by Gasteiger charge is 2.08. The molecule has 2 aromatic rings. The van der Waals surface area contributed by atoms with Crippen molar-refractivity contribution >= 4 is 31.9 Å². The molecule has 0 fully saturated rings. The van der Waals surface area contributed by atoms with Crippen molar-refractivity contribution in [3.63, 3.8) is 0 Å². The summed E-state index contributed by atoms with van der Waals surface area (Å²) in [6.45, 7) is 1.22. The van der Waals surface area contributed by atoms with Crippen LogP contribution in [-0.4, -0.2) is 21.5 Å². The Morgan fingerprint density at radius 2 is 2.00 bits per heavy atom. The number of hydrogen-bond acceptors (Lipinski definition) is 3. The molecule has 0 aliphatic rings. The van der Waals surface area contributed by atoms with E-state index >= 15 is 0 Å². The van der Waals surface area contributed by atoms with E-state index in [9.17, 15) is 0 Å². The largest absolute Gasteiger partial charge is 0.489 e. The average Bonchev–Trinajstić information content (AvgIpc) is 2.85. The molecule has 0 bridgehead atoms. The predicted molar refractivity (Wildman–Crippen MR) is 75.5 cm³/mol. The fraction of sp³-hybridized carbons (Fsp3) is 0.250. The van der Waals surface area contributed by atoms with E-state index in [1.54, 1.807) is 6.20 Å². The molecule has 1 N–H and O–H groups in total. The number of aromatic nitrogens is 2. The number of nitrogens with zero attached hydrogens (tertiary/aromatic N) is 2. The third kappa shape index (κ3) is 3.34. The lowest BCUT2D eigenvalue weighted by Gasteiger charge is -2.11. The summed E-state index contributed by atoms with van der Waals surface area (Å²) in [6.07, 6.45) is 3.63. The molecule has 1 aromatic carbocycles. The number of hydrogen-bond donors (Lipinski definition) is 1. The second-order valence-corrected chi connectivity index (χ2v) is 5.37. The van der Waals surface area contributed by atoms with E-state index in [1.165, 1.54) is 0 Å². The summed E-state index contributed by atoms with van der Waals surface area (Å²) in [6, 6.07) is 5.56. The van der Waals surface area contributed by atoms with Gasteiger partial charge in [0.25, 0.3) is 0 Å². The number of aliphatic hydroxyl groups is 1. The fourth-order valence-electron chi connectivity index (χ4n) is 1.52. The summed E-state index contributed by atoms with van der Waals surface area (Å²) in [5.74, 6) is 0.736. The molecule has 0 saturated carbocycles. The lowest BCUT2D eigenvalue weighted by molar-refractivity contribution is 0.278. The Kier molecular flexibility index (Phi) is 4.79. The standard InChI is InChI=1S/C12H12Br2N2O2/c13-10-6-9(8-17)7-11(14)12(10)18-5-4-16-3-1-2-15-16/h1-3,6-7,17H,4-5,8H2. The number of benzene rings is 1. The summed E-state index contributed by atoms with van der Waals surface area (Å²) in [4.78, 5) is 0. The van der Waals surface area contributed by atoms with Gasteiger partial charge in [-0.15, -0.1) is 0 Å². The monoisotopic (exact) mass is 374 g/mol. The van der Waals surface area contributed by atoms with Gasteiger partial charge in [0, 0.05) is 12.4 Å². The lowest BCUT2D eigenvalue weighted by Crippen LogP contribution is -2.09. The topological polar surface area (TPSA) is 47.3 Å². The number of halogens is 2. The minimum Gasteiger partial charge on any atom is -0.489 e. The lowest BCUT2D eigenvalue weighted by atomic mass is 10.2. The molecule has 0 saturated heterocycles. The number of aliphatic hydroxyl groups excluding tert-OH is 1. The second kappa shape index (κ2) is 6.36. The van der Waals surface area contributed by atoms with Crippen molar-refractivity contribution in [2.45, 2.75) is 13.2 Å². The van der Waals surface area contributed by atoms with Crippen LogP contribution < -0.4 is 4.74 Å². The smallest absolute Gasteiger partial charge is 0.147 e. The Morgan fingerprint density at radius 1 is 1.28 bits per heavy atom. The zero-order chi connectivity index (χ0) is 13.0. The zero-order valence-corrected chi connectivity index (χ0v) is 12.7. The number of ether oxygens (including phenoxy) is 1. The summed E-state index contributed by atoms with van der Waals surface area (Å²) < 4.78 is 9.16. The van der Waals surface area contributed by atoms with Crippen LogP contribution in [0.25, 0.3) is 0 Å². The highest BCUT2D eigenvalue weighted by Crippen LogP contribution is 2.34. The van der Waals surface area contributed by atoms with Gasteiger partial charge in [0.1, 0.15) is 12.4 Å². The van der Waals surface area contributed by atoms with Crippen LogP contribution in [0.3, 0.4) is 0 Å². The van der Waals surface area contributed by atoms with Gasteiger partial charge in [-0.2, -0.15) is 5.10 Å². The Labute approximate surface area is 122 Å². The molecule has 0 atom stereocenters. The van der Waals surface area contributed by atoms with Gasteiger partial charge < -0.3 is 9.84 Å². The summed E-state index contributed by atoms with van der Waals surface area (Å²) in [5, 5.41) is 13.2. The van der Waals surface area contributed by atoms with Crippen molar-refractivity contribution in [2.24, 2.45) is 0 Å². The summed E-state index contributed by atoms with van der Waals surface area (Å²) in [7, 11) is 0. The van der Waals surface area contributed by atoms with Crippen LogP contribution in [0.15, 0.2) is 39.5 Å². The molecule has 0 amide bonds. The van der Waals surface area contributed by atoms with Crippen molar-refractivity contribution in [3.05, 3.63) is 45.1 Å². The maximum absolute atomic E-state index is 9.08. The molecule has 0 spiro atoms. The minimum absolute atomic E-state index is 0.00473. The maximum atomic E-state index is 9.08. The van der Waals surface area contributed by atoms with Crippen molar-refractivity contribution in [2.75, 3.05) is 6.61 Å². The summed E-state index contributed by atoms with van der Waals surface area (Å²) in [5.41, 5.74) is 0.827. The van der Waals surface area contributed by atoms with Crippen LogP contribution in [0.2, 0.25) is 0 Å². The average molecular weight is 376 g/mol. The third-order valence-corrected chi connectivity index (χ3v) is 3.54. The molecule has 0 aliphatic carbocycles. The third-order valence-electron chi connectivity index (χ3n) is 2.37. The molecule has 1 heterocycles. The molecule has 0 unspecified atom stereocenters. The van der Waals surface area contributed by atoms with Crippen molar-refractivity contribution in [1.82, 2.24) is 9.78 Å². The van der Waals surface area contributed by atoms with Gasteiger partial charge in [-0.05, 0) is 55.6 Å². The molecule has 4 nitrogen and oxygen atoms in total. The van der Waals surface area contributed by atoms with E-state index in [0.29, 0.717) is 13.2 Å². The zero-order valence-electron chi connectivity index (χ0n) is 9.51. The Balaban J connectivity index is 2.01. The Morgan fingerprint density at radius 3 is 2.56 bits per heavy atom. The van der Waals surface area contributed by atoms with Crippen LogP contribution >= 0.6 is 31.9 Å². The molecule has 0 aliphatic heterocycles. The van der Waals surface area contributed by atoms with Gasteiger partial charge in [0.2, 0.25) is 0 Å². The van der Waals surface area contributed by atoms with Gasteiger partial charge in [0.05, 0.1) is 22.1 Å². The van der Waals surface area contributed by atoms with Crippen molar-refractivity contribution in [1.29, 1.82) is 0 Å². The second-order valence-electron chi connectivity index (χ2n) is 3.66. The molecule has 1 aromatic heterocycles. The van der Waals surface area contributed by atoms with E-state index in [2.05, 4.69) is 37.0 Å². The summed E-state index contributed by atoms with van der Waals surface area (Å²) >= 11 is 6.86. The maximum Gasteiger partial charge on any atom is 0.147 e. The Bertz CT molecular complexity index is 492. The SMILES string of the molecule is OCc1cc(Br)c(OCCn2cccn2)c(Br)c1. The molecule has 96 valence electrons. The van der Waals surface area contributed by atoms with E-state index in [0.717, 1.165) is 20.3 Å².